The molecule has 0 rings (SSSR count). The van der Waals surface area contributed by atoms with Crippen molar-refractivity contribution in [2.45, 2.75) is 0 Å². The van der Waals surface area contributed by atoms with Crippen LogP contribution in [-0.4, -0.2) is 61.0 Å². The van der Waals surface area contributed by atoms with E-state index >= 15 is 0 Å². The summed E-state index contributed by atoms with van der Waals surface area (Å²) in [6, 6.07) is 0. The minimum absolute atomic E-state index is 0. The molecule has 0 saturated carbocycles. The van der Waals surface area contributed by atoms with Gasteiger partial charge in [0.25, 0.3) is 0 Å². The molecule has 0 aromatic carbocycles. The van der Waals surface area contributed by atoms with Crippen molar-refractivity contribution in [2.75, 3.05) is 13.5 Å². The van der Waals surface area contributed by atoms with Crippen LogP contribution in [0.25, 0.3) is 0 Å². The molecule has 0 aliphatic rings. The maximum Gasteiger partial charge on any atom is 2.00 e. The molecule has 0 unspecified atom stereocenters. The third-order valence-electron chi connectivity index (χ3n) is 0.211. The normalized spacial score (nSPS) is 6.73. The van der Waals surface area contributed by atoms with Crippen molar-refractivity contribution < 1.29 is 20.1 Å². The Morgan fingerprint density at radius 2 is 1.00 bits per heavy atom. The fraction of sp³-hybridized carbons (Fsp3) is 1.00. The minimum atomic E-state index is -1.22. The average molecular weight is 192 g/mol. The quantitative estimate of drug-likeness (QED) is 0.195. The van der Waals surface area contributed by atoms with E-state index in [9.17, 15) is 0 Å². The van der Waals surface area contributed by atoms with Gasteiger partial charge < -0.3 is 10.2 Å². The second kappa shape index (κ2) is 12.6. The summed E-state index contributed by atoms with van der Waals surface area (Å²) in [5.74, 6) is 0. The second-order valence-corrected chi connectivity index (χ2v) is 0.924. The van der Waals surface area contributed by atoms with Gasteiger partial charge in [-0.15, -0.1) is 0 Å². The van der Waals surface area contributed by atoms with E-state index in [2.05, 4.69) is 0 Å². The molecular formula is C2H4CaN2O6. The maximum absolute atomic E-state index is 8.93. The average Bonchev–Trinajstić information content (AvgIpc) is 1.89. The van der Waals surface area contributed by atoms with Gasteiger partial charge in [-0.25, -0.2) is 0 Å². The van der Waals surface area contributed by atoms with Crippen LogP contribution < -0.4 is 10.2 Å². The van der Waals surface area contributed by atoms with Crippen LogP contribution in [0.5, 0.6) is 0 Å². The molecule has 0 heterocycles. The molecule has 0 aliphatic carbocycles. The number of nitrogens with zero attached hydrogens (tertiary/aromatic N) is 2. The van der Waals surface area contributed by atoms with Crippen molar-refractivity contribution in [3.63, 3.8) is 0 Å². The van der Waals surface area contributed by atoms with Crippen LogP contribution in [0.15, 0.2) is 0 Å². The molecule has 11 heavy (non-hydrogen) atoms. The first-order chi connectivity index (χ1) is 4.54. The standard InChI is InChI=1S/2CH2NO3.Ca/c2*3-1-2(4)5;/h2*1H2;/q2*-1;+2. The second-order valence-electron chi connectivity index (χ2n) is 0.924. The molecule has 0 aromatic heterocycles. The van der Waals surface area contributed by atoms with Crippen LogP contribution in [-0.2, 0) is 0 Å². The van der Waals surface area contributed by atoms with Gasteiger partial charge in [-0.1, -0.05) is 0 Å². The summed E-state index contributed by atoms with van der Waals surface area (Å²) in [6.45, 7) is -2.44. The molecule has 0 bridgehead atoms. The predicted molar refractivity (Wildman–Crippen MR) is 29.5 cm³/mol. The van der Waals surface area contributed by atoms with Gasteiger partial charge in [-0.3, -0.25) is 20.2 Å². The van der Waals surface area contributed by atoms with E-state index in [1.165, 1.54) is 0 Å². The monoisotopic (exact) mass is 192 g/mol. The molecule has 0 saturated heterocycles. The summed E-state index contributed by atoms with van der Waals surface area (Å²) in [7, 11) is 0. The molecule has 0 atom stereocenters. The first-order valence-electron chi connectivity index (χ1n) is 1.94. The molecule has 0 fully saturated rings. The Balaban J connectivity index is -0.000000107. The number of hydrogen-bond acceptors (Lipinski definition) is 6. The van der Waals surface area contributed by atoms with Gasteiger partial charge in [0.2, 0.25) is 0 Å². The summed E-state index contributed by atoms with van der Waals surface area (Å²) in [6.07, 6.45) is 0. The van der Waals surface area contributed by atoms with Gasteiger partial charge in [0.15, 0.2) is 0 Å². The summed E-state index contributed by atoms with van der Waals surface area (Å²) in [5.41, 5.74) is 0. The number of rotatable bonds is 2. The molecule has 9 heteroatoms. The summed E-state index contributed by atoms with van der Waals surface area (Å²) in [4.78, 5) is 15.9. The van der Waals surface area contributed by atoms with E-state index in [0.29, 0.717) is 0 Å². The molecule has 0 amide bonds. The Hall–Kier alpha value is -0.0203. The molecule has 0 aromatic rings. The van der Waals surface area contributed by atoms with Crippen molar-refractivity contribution in [1.82, 2.24) is 0 Å². The third-order valence-corrected chi connectivity index (χ3v) is 0.211. The van der Waals surface area contributed by atoms with Gasteiger partial charge in [0.1, 0.15) is 13.5 Å². The Bertz CT molecular complexity index is 103. The summed E-state index contributed by atoms with van der Waals surface area (Å²) in [5, 5.41) is 35.6. The van der Waals surface area contributed by atoms with E-state index in [1.807, 2.05) is 0 Å². The van der Waals surface area contributed by atoms with Gasteiger partial charge in [0.05, 0.1) is 0 Å². The van der Waals surface area contributed by atoms with Crippen LogP contribution >= 0.6 is 0 Å². The van der Waals surface area contributed by atoms with Crippen LogP contribution in [0, 0.1) is 20.2 Å². The van der Waals surface area contributed by atoms with E-state index in [4.69, 9.17) is 30.4 Å². The SMILES string of the molecule is O=[N+]([O-])C[O-].O=[N+]([O-])C[O-].[Ca+2]. The molecule has 0 aliphatic heterocycles. The van der Waals surface area contributed by atoms with Crippen molar-refractivity contribution in [1.29, 1.82) is 0 Å². The Morgan fingerprint density at radius 3 is 1.00 bits per heavy atom. The van der Waals surface area contributed by atoms with Crippen LogP contribution in [0.4, 0.5) is 0 Å². The van der Waals surface area contributed by atoms with Crippen LogP contribution in [0.1, 0.15) is 0 Å². The van der Waals surface area contributed by atoms with E-state index in [0.717, 1.165) is 0 Å². The predicted octanol–water partition coefficient (Wildman–Crippen LogP) is -3.22. The minimum Gasteiger partial charge on any atom is -0.796 e. The Morgan fingerprint density at radius 1 is 0.909 bits per heavy atom. The molecule has 8 nitrogen and oxygen atoms in total. The van der Waals surface area contributed by atoms with Gasteiger partial charge in [-0.2, -0.15) is 0 Å². The topological polar surface area (TPSA) is 132 Å². The first kappa shape index (κ1) is 17.2. The zero-order valence-corrected chi connectivity index (χ0v) is 7.67. The fourth-order valence-electron chi connectivity index (χ4n) is 0. The molecule has 0 N–H and O–H groups in total. The first-order valence-corrected chi connectivity index (χ1v) is 1.94. The maximum atomic E-state index is 8.93. The Kier molecular flexibility index (Phi) is 19.7. The van der Waals surface area contributed by atoms with E-state index in [-0.39, 0.29) is 37.7 Å². The van der Waals surface area contributed by atoms with Gasteiger partial charge in [0, 0.05) is 9.85 Å². The van der Waals surface area contributed by atoms with E-state index in [1.54, 1.807) is 0 Å². The number of hydrogen-bond donors (Lipinski definition) is 0. The number of nitro groups is 2. The Labute approximate surface area is 91.1 Å². The largest absolute Gasteiger partial charge is 2.00 e. The van der Waals surface area contributed by atoms with E-state index < -0.39 is 23.3 Å². The summed E-state index contributed by atoms with van der Waals surface area (Å²) >= 11 is 0. The van der Waals surface area contributed by atoms with Crippen molar-refractivity contribution in [3.8, 4) is 0 Å². The molecule has 0 spiro atoms. The third kappa shape index (κ3) is 40.1. The van der Waals surface area contributed by atoms with Gasteiger partial charge in [-0.05, 0) is 0 Å². The molecule has 0 radical (unpaired) electrons. The van der Waals surface area contributed by atoms with Crippen molar-refractivity contribution >= 4 is 37.7 Å². The molecule has 60 valence electrons. The fourth-order valence-corrected chi connectivity index (χ4v) is 0. The smallest absolute Gasteiger partial charge is 0.796 e. The van der Waals surface area contributed by atoms with Crippen molar-refractivity contribution in [2.24, 2.45) is 0 Å². The molecular weight excluding hydrogens is 188 g/mol. The van der Waals surface area contributed by atoms with Crippen LogP contribution in [0.2, 0.25) is 0 Å². The van der Waals surface area contributed by atoms with Crippen molar-refractivity contribution in [3.05, 3.63) is 20.2 Å². The zero-order valence-electron chi connectivity index (χ0n) is 5.47. The van der Waals surface area contributed by atoms with Gasteiger partial charge >= 0.3 is 37.7 Å². The summed E-state index contributed by atoms with van der Waals surface area (Å²) < 4.78 is 0. The zero-order chi connectivity index (χ0) is 8.57. The van der Waals surface area contributed by atoms with Crippen LogP contribution in [0.3, 0.4) is 0 Å².